The minimum absolute atomic E-state index is 0.103. The van der Waals surface area contributed by atoms with E-state index < -0.39 is 0 Å². The molecule has 0 saturated carbocycles. The highest BCUT2D eigenvalue weighted by Gasteiger charge is 2.10. The number of carbonyl (C=O) groups excluding carboxylic acids is 1. The summed E-state index contributed by atoms with van der Waals surface area (Å²) in [4.78, 5) is 11.6. The van der Waals surface area contributed by atoms with Crippen molar-refractivity contribution in [2.75, 3.05) is 0 Å². The fraction of sp³-hybridized carbons (Fsp3) is 0.357. The van der Waals surface area contributed by atoms with Crippen LogP contribution in [-0.4, -0.2) is 11.4 Å². The van der Waals surface area contributed by atoms with Crippen LogP contribution < -0.4 is 5.32 Å². The highest BCUT2D eigenvalue weighted by molar-refractivity contribution is 6.31. The van der Waals surface area contributed by atoms with E-state index in [4.69, 9.17) is 11.6 Å². The maximum Gasteiger partial charge on any atom is 0.244 e. The molecule has 0 fully saturated rings. The van der Waals surface area contributed by atoms with Crippen molar-refractivity contribution in [1.82, 2.24) is 5.32 Å². The first-order chi connectivity index (χ1) is 7.78. The molecule has 1 aromatic rings. The standard InChI is InChI=1S/C14H18ClNO/c1-10-5-6-11(9-12(10)15)7-8-13(17)16-14(2,3)4/h5-9H,1-4H3,(H,16,17)/b8-7-. The maximum atomic E-state index is 11.6. The molecule has 1 amide bonds. The fourth-order valence-electron chi connectivity index (χ4n) is 1.30. The second-order valence-electron chi connectivity index (χ2n) is 5.08. The van der Waals surface area contributed by atoms with Crippen LogP contribution in [0, 0.1) is 6.92 Å². The van der Waals surface area contributed by atoms with Crippen LogP contribution >= 0.6 is 11.6 Å². The molecule has 1 N–H and O–H groups in total. The number of rotatable bonds is 2. The van der Waals surface area contributed by atoms with Gasteiger partial charge in [0.05, 0.1) is 0 Å². The molecule has 0 heterocycles. The van der Waals surface area contributed by atoms with Gasteiger partial charge in [-0.15, -0.1) is 0 Å². The van der Waals surface area contributed by atoms with Crippen LogP contribution in [-0.2, 0) is 4.79 Å². The molecule has 0 radical (unpaired) electrons. The Balaban J connectivity index is 2.71. The zero-order chi connectivity index (χ0) is 13.1. The number of aryl methyl sites for hydroxylation is 1. The van der Waals surface area contributed by atoms with Gasteiger partial charge in [-0.1, -0.05) is 23.7 Å². The summed E-state index contributed by atoms with van der Waals surface area (Å²) in [5.74, 6) is -0.103. The van der Waals surface area contributed by atoms with Gasteiger partial charge in [0.15, 0.2) is 0 Å². The molecule has 1 aromatic carbocycles. The normalized spacial score (nSPS) is 11.8. The predicted molar refractivity (Wildman–Crippen MR) is 73.1 cm³/mol. The Morgan fingerprint density at radius 3 is 2.53 bits per heavy atom. The summed E-state index contributed by atoms with van der Waals surface area (Å²) in [5, 5.41) is 3.57. The Hall–Kier alpha value is -1.28. The largest absolute Gasteiger partial charge is 0.348 e. The van der Waals surface area contributed by atoms with Crippen molar-refractivity contribution in [3.8, 4) is 0 Å². The number of hydrogen-bond donors (Lipinski definition) is 1. The lowest BCUT2D eigenvalue weighted by atomic mass is 10.1. The molecule has 0 bridgehead atoms. The van der Waals surface area contributed by atoms with Gasteiger partial charge in [0, 0.05) is 16.6 Å². The summed E-state index contributed by atoms with van der Waals surface area (Å²) >= 11 is 6.00. The monoisotopic (exact) mass is 251 g/mol. The van der Waals surface area contributed by atoms with Gasteiger partial charge in [-0.25, -0.2) is 0 Å². The van der Waals surface area contributed by atoms with Crippen LogP contribution in [0.15, 0.2) is 24.3 Å². The molecule has 0 aliphatic carbocycles. The van der Waals surface area contributed by atoms with Gasteiger partial charge in [0.2, 0.25) is 5.91 Å². The van der Waals surface area contributed by atoms with Gasteiger partial charge >= 0.3 is 0 Å². The summed E-state index contributed by atoms with van der Waals surface area (Å²) in [6.45, 7) is 7.78. The molecule has 3 heteroatoms. The maximum absolute atomic E-state index is 11.6. The molecule has 92 valence electrons. The van der Waals surface area contributed by atoms with Crippen LogP contribution in [0.3, 0.4) is 0 Å². The summed E-state index contributed by atoms with van der Waals surface area (Å²) in [6, 6.07) is 5.71. The van der Waals surface area contributed by atoms with Crippen molar-refractivity contribution in [1.29, 1.82) is 0 Å². The van der Waals surface area contributed by atoms with Crippen molar-refractivity contribution >= 4 is 23.6 Å². The zero-order valence-electron chi connectivity index (χ0n) is 10.7. The van der Waals surface area contributed by atoms with Gasteiger partial charge in [-0.3, -0.25) is 4.79 Å². The van der Waals surface area contributed by atoms with Gasteiger partial charge in [-0.2, -0.15) is 0 Å². The molecule has 2 nitrogen and oxygen atoms in total. The van der Waals surface area contributed by atoms with E-state index in [0.29, 0.717) is 5.02 Å². The van der Waals surface area contributed by atoms with Crippen LogP contribution in [0.25, 0.3) is 6.08 Å². The first kappa shape index (κ1) is 13.8. The van der Waals surface area contributed by atoms with Crippen LogP contribution in [0.5, 0.6) is 0 Å². The Labute approximate surface area is 108 Å². The number of carbonyl (C=O) groups is 1. The number of hydrogen-bond acceptors (Lipinski definition) is 1. The van der Waals surface area contributed by atoms with Gasteiger partial charge in [0.1, 0.15) is 0 Å². The number of nitrogens with one attached hydrogen (secondary N) is 1. The smallest absolute Gasteiger partial charge is 0.244 e. The number of amides is 1. The Morgan fingerprint density at radius 2 is 2.00 bits per heavy atom. The van der Waals surface area contributed by atoms with Crippen LogP contribution in [0.4, 0.5) is 0 Å². The summed E-state index contributed by atoms with van der Waals surface area (Å²) < 4.78 is 0. The van der Waals surface area contributed by atoms with Crippen LogP contribution in [0.1, 0.15) is 31.9 Å². The van der Waals surface area contributed by atoms with E-state index in [-0.39, 0.29) is 11.4 Å². The number of halogens is 1. The summed E-state index contributed by atoms with van der Waals surface area (Å²) in [7, 11) is 0. The molecule has 0 saturated heterocycles. The van der Waals surface area contributed by atoms with Crippen molar-refractivity contribution in [3.63, 3.8) is 0 Å². The molecule has 0 aromatic heterocycles. The van der Waals surface area contributed by atoms with Gasteiger partial charge in [-0.05, 0) is 51.0 Å². The highest BCUT2D eigenvalue weighted by Crippen LogP contribution is 2.17. The zero-order valence-corrected chi connectivity index (χ0v) is 11.4. The minimum Gasteiger partial charge on any atom is -0.348 e. The van der Waals surface area contributed by atoms with Crippen molar-refractivity contribution < 1.29 is 4.79 Å². The molecule has 0 spiro atoms. The first-order valence-electron chi connectivity index (χ1n) is 5.54. The van der Waals surface area contributed by atoms with E-state index in [1.807, 2.05) is 45.9 Å². The molecule has 17 heavy (non-hydrogen) atoms. The molecule has 1 rings (SSSR count). The molecular weight excluding hydrogens is 234 g/mol. The molecule has 0 aliphatic rings. The van der Waals surface area contributed by atoms with E-state index in [0.717, 1.165) is 11.1 Å². The summed E-state index contributed by atoms with van der Waals surface area (Å²) in [5.41, 5.74) is 1.74. The van der Waals surface area contributed by atoms with Gasteiger partial charge < -0.3 is 5.32 Å². The third-order valence-electron chi connectivity index (χ3n) is 2.12. The lowest BCUT2D eigenvalue weighted by molar-refractivity contribution is -0.117. The molecule has 0 unspecified atom stereocenters. The average Bonchev–Trinajstić information content (AvgIpc) is 2.17. The Bertz CT molecular complexity index is 444. The minimum atomic E-state index is -0.216. The fourth-order valence-corrected chi connectivity index (χ4v) is 1.48. The van der Waals surface area contributed by atoms with Crippen molar-refractivity contribution in [2.45, 2.75) is 33.2 Å². The average molecular weight is 252 g/mol. The van der Waals surface area contributed by atoms with E-state index in [1.54, 1.807) is 6.08 Å². The quantitative estimate of drug-likeness (QED) is 0.800. The predicted octanol–water partition coefficient (Wildman–Crippen LogP) is 3.58. The number of benzene rings is 1. The third-order valence-corrected chi connectivity index (χ3v) is 2.53. The molecule has 0 aliphatic heterocycles. The van der Waals surface area contributed by atoms with Crippen molar-refractivity contribution in [3.05, 3.63) is 40.4 Å². The van der Waals surface area contributed by atoms with Gasteiger partial charge in [0.25, 0.3) is 0 Å². The van der Waals surface area contributed by atoms with E-state index in [9.17, 15) is 4.79 Å². The van der Waals surface area contributed by atoms with E-state index in [1.165, 1.54) is 6.08 Å². The second-order valence-corrected chi connectivity index (χ2v) is 5.49. The lowest BCUT2D eigenvalue weighted by Gasteiger charge is -2.18. The Kier molecular flexibility index (Phi) is 4.35. The summed E-state index contributed by atoms with van der Waals surface area (Å²) in [6.07, 6.45) is 3.28. The second kappa shape index (κ2) is 5.37. The van der Waals surface area contributed by atoms with E-state index >= 15 is 0 Å². The first-order valence-corrected chi connectivity index (χ1v) is 5.92. The van der Waals surface area contributed by atoms with E-state index in [2.05, 4.69) is 5.32 Å². The van der Waals surface area contributed by atoms with Crippen LogP contribution in [0.2, 0.25) is 5.02 Å². The SMILES string of the molecule is Cc1ccc(/C=C\C(=O)NC(C)(C)C)cc1Cl. The lowest BCUT2D eigenvalue weighted by Crippen LogP contribution is -2.39. The highest BCUT2D eigenvalue weighted by atomic mass is 35.5. The topological polar surface area (TPSA) is 29.1 Å². The molecule has 0 atom stereocenters. The molecular formula is C14H18ClNO. The third kappa shape index (κ3) is 5.05. The Morgan fingerprint density at radius 1 is 1.35 bits per heavy atom. The van der Waals surface area contributed by atoms with Crippen molar-refractivity contribution in [2.24, 2.45) is 0 Å².